The molecule has 0 aromatic rings. The standard InChI is InChI=1S/C21H33N3O5/c1-20-7-5-13(23-28-10-9-22)11-17(20)18(29-24(26)27)12-14-15-3-4-19(25)21(15,2)8-6-16(14)20/h14-18H,3-12,22H2,1-2H3/t14?,15?,16?,17?,18-,20+,21-/m0/s1. The summed E-state index contributed by atoms with van der Waals surface area (Å²) in [4.78, 5) is 34.5. The quantitative estimate of drug-likeness (QED) is 0.425. The number of oxime groups is 1. The highest BCUT2D eigenvalue weighted by Crippen LogP contribution is 2.65. The molecule has 0 saturated heterocycles. The molecule has 4 aliphatic rings. The van der Waals surface area contributed by atoms with E-state index in [1.54, 1.807) is 0 Å². The Hall–Kier alpha value is -1.70. The zero-order chi connectivity index (χ0) is 20.8. The lowest BCUT2D eigenvalue weighted by molar-refractivity contribution is -0.772. The van der Waals surface area contributed by atoms with Crippen LogP contribution < -0.4 is 5.73 Å². The maximum absolute atomic E-state index is 12.6. The zero-order valence-electron chi connectivity index (χ0n) is 17.5. The predicted molar refractivity (Wildman–Crippen MR) is 106 cm³/mol. The molecule has 4 unspecified atom stereocenters. The van der Waals surface area contributed by atoms with Crippen molar-refractivity contribution in [1.82, 2.24) is 0 Å². The van der Waals surface area contributed by atoms with Gasteiger partial charge in [0.05, 0.1) is 5.71 Å². The van der Waals surface area contributed by atoms with E-state index in [-0.39, 0.29) is 16.7 Å². The molecule has 4 fully saturated rings. The van der Waals surface area contributed by atoms with Crippen LogP contribution in [0.4, 0.5) is 0 Å². The van der Waals surface area contributed by atoms with E-state index >= 15 is 0 Å². The van der Waals surface area contributed by atoms with Crippen LogP contribution in [-0.2, 0) is 14.5 Å². The number of rotatable bonds is 5. The Labute approximate surface area is 171 Å². The van der Waals surface area contributed by atoms with Gasteiger partial charge in [-0.3, -0.25) is 4.79 Å². The van der Waals surface area contributed by atoms with Crippen molar-refractivity contribution < 1.29 is 19.6 Å². The van der Waals surface area contributed by atoms with Crippen LogP contribution in [0.5, 0.6) is 0 Å². The van der Waals surface area contributed by atoms with E-state index < -0.39 is 11.2 Å². The lowest BCUT2D eigenvalue weighted by Gasteiger charge is -2.61. The highest BCUT2D eigenvalue weighted by atomic mass is 17.0. The van der Waals surface area contributed by atoms with Crippen molar-refractivity contribution in [2.45, 2.75) is 71.3 Å². The van der Waals surface area contributed by atoms with Gasteiger partial charge in [-0.2, -0.15) is 0 Å². The second-order valence-corrected chi connectivity index (χ2v) is 9.99. The van der Waals surface area contributed by atoms with Crippen molar-refractivity contribution in [2.75, 3.05) is 13.2 Å². The largest absolute Gasteiger partial charge is 0.395 e. The molecule has 0 aromatic heterocycles. The van der Waals surface area contributed by atoms with E-state index in [0.717, 1.165) is 37.8 Å². The fourth-order valence-electron chi connectivity index (χ4n) is 7.34. The van der Waals surface area contributed by atoms with Gasteiger partial charge in [0.25, 0.3) is 5.09 Å². The van der Waals surface area contributed by atoms with Crippen LogP contribution in [0.1, 0.15) is 65.2 Å². The number of nitrogens with zero attached hydrogens (tertiary/aromatic N) is 2. The first-order valence-corrected chi connectivity index (χ1v) is 11.0. The first-order valence-electron chi connectivity index (χ1n) is 11.0. The maximum atomic E-state index is 12.6. The Morgan fingerprint density at radius 2 is 2.00 bits per heavy atom. The topological polar surface area (TPSA) is 117 Å². The molecule has 0 aromatic carbocycles. The summed E-state index contributed by atoms with van der Waals surface area (Å²) in [5.41, 5.74) is 6.14. The van der Waals surface area contributed by atoms with Crippen molar-refractivity contribution in [1.29, 1.82) is 0 Å². The Morgan fingerprint density at radius 1 is 1.21 bits per heavy atom. The summed E-state index contributed by atoms with van der Waals surface area (Å²) in [7, 11) is 0. The molecule has 0 bridgehead atoms. The molecular weight excluding hydrogens is 374 g/mol. The minimum Gasteiger partial charge on any atom is -0.395 e. The van der Waals surface area contributed by atoms with Crippen LogP contribution in [0, 0.1) is 44.6 Å². The molecule has 162 valence electrons. The van der Waals surface area contributed by atoms with Gasteiger partial charge in [-0.15, -0.1) is 10.1 Å². The van der Waals surface area contributed by atoms with Gasteiger partial charge in [-0.05, 0) is 74.0 Å². The Kier molecular flexibility index (Phi) is 5.34. The fraction of sp³-hybridized carbons (Fsp3) is 0.905. The van der Waals surface area contributed by atoms with Crippen LogP contribution in [0.3, 0.4) is 0 Å². The van der Waals surface area contributed by atoms with Crippen LogP contribution >= 0.6 is 0 Å². The van der Waals surface area contributed by atoms with Crippen molar-refractivity contribution in [2.24, 2.45) is 45.4 Å². The molecule has 0 heterocycles. The fourth-order valence-corrected chi connectivity index (χ4v) is 7.34. The van der Waals surface area contributed by atoms with Gasteiger partial charge in [0.2, 0.25) is 0 Å². The van der Waals surface area contributed by atoms with E-state index in [1.165, 1.54) is 0 Å². The van der Waals surface area contributed by atoms with Crippen LogP contribution in [0.2, 0.25) is 0 Å². The molecule has 4 saturated carbocycles. The highest BCUT2D eigenvalue weighted by Gasteiger charge is 2.62. The van der Waals surface area contributed by atoms with Crippen molar-refractivity contribution in [3.05, 3.63) is 10.1 Å². The van der Waals surface area contributed by atoms with Gasteiger partial charge in [0.15, 0.2) is 0 Å². The van der Waals surface area contributed by atoms with E-state index in [9.17, 15) is 14.9 Å². The molecule has 29 heavy (non-hydrogen) atoms. The van der Waals surface area contributed by atoms with Crippen LogP contribution in [-0.4, -0.2) is 35.8 Å². The van der Waals surface area contributed by atoms with Gasteiger partial charge in [0.1, 0.15) is 18.5 Å². The second kappa shape index (κ2) is 7.52. The molecule has 4 aliphatic carbocycles. The molecule has 0 amide bonds. The molecule has 0 radical (unpaired) electrons. The van der Waals surface area contributed by atoms with E-state index in [2.05, 4.69) is 19.0 Å². The lowest BCUT2D eigenvalue weighted by Crippen LogP contribution is -2.58. The Morgan fingerprint density at radius 3 is 2.72 bits per heavy atom. The highest BCUT2D eigenvalue weighted by molar-refractivity contribution is 5.87. The maximum Gasteiger partial charge on any atom is 0.294 e. The van der Waals surface area contributed by atoms with Gasteiger partial charge in [-0.1, -0.05) is 19.0 Å². The third-order valence-electron chi connectivity index (χ3n) is 8.83. The van der Waals surface area contributed by atoms with Gasteiger partial charge in [0, 0.05) is 18.4 Å². The first-order chi connectivity index (χ1) is 13.8. The molecule has 4 rings (SSSR count). The van der Waals surface area contributed by atoms with Crippen LogP contribution in [0.15, 0.2) is 5.16 Å². The molecule has 8 nitrogen and oxygen atoms in total. The number of carbonyl (C=O) groups is 1. The minimum atomic E-state index is -0.635. The smallest absolute Gasteiger partial charge is 0.294 e. The van der Waals surface area contributed by atoms with Crippen molar-refractivity contribution >= 4 is 11.5 Å². The number of Topliss-reactive ketones (excluding diaryl/α,β-unsaturated/α-hetero) is 1. The molecule has 8 heteroatoms. The second-order valence-electron chi connectivity index (χ2n) is 9.99. The number of hydrogen-bond acceptors (Lipinski definition) is 7. The number of ketones is 1. The summed E-state index contributed by atoms with van der Waals surface area (Å²) in [6.07, 6.45) is 6.20. The van der Waals surface area contributed by atoms with E-state index in [4.69, 9.17) is 15.4 Å². The summed E-state index contributed by atoms with van der Waals surface area (Å²) in [5, 5.41) is 14.9. The number of fused-ring (bicyclic) bond motifs is 5. The van der Waals surface area contributed by atoms with E-state index in [1.807, 2.05) is 0 Å². The summed E-state index contributed by atoms with van der Waals surface area (Å²) in [6, 6.07) is 0. The normalized spacial score (nSPS) is 45.3. The van der Waals surface area contributed by atoms with Crippen molar-refractivity contribution in [3.8, 4) is 0 Å². The molecule has 0 aliphatic heterocycles. The average molecular weight is 408 g/mol. The summed E-state index contributed by atoms with van der Waals surface area (Å²) in [6.45, 7) is 5.20. The Bertz CT molecular complexity index is 712. The first kappa shape index (κ1) is 20.6. The summed E-state index contributed by atoms with van der Waals surface area (Å²) in [5.74, 6) is 1.56. The number of nitrogens with two attached hydrogens (primary N) is 1. The zero-order valence-corrected chi connectivity index (χ0v) is 17.5. The monoisotopic (exact) mass is 407 g/mol. The summed E-state index contributed by atoms with van der Waals surface area (Å²) < 4.78 is 0. The third kappa shape index (κ3) is 3.33. The molecule has 2 N–H and O–H groups in total. The van der Waals surface area contributed by atoms with E-state index in [0.29, 0.717) is 56.0 Å². The van der Waals surface area contributed by atoms with Gasteiger partial charge >= 0.3 is 0 Å². The lowest BCUT2D eigenvalue weighted by atomic mass is 9.44. The minimum absolute atomic E-state index is 0.0382. The third-order valence-corrected chi connectivity index (χ3v) is 8.83. The van der Waals surface area contributed by atoms with Gasteiger partial charge in [-0.25, -0.2) is 0 Å². The number of carbonyl (C=O) groups excluding carboxylic acids is 1. The number of hydrogen-bond donors (Lipinski definition) is 1. The average Bonchev–Trinajstić information content (AvgIpc) is 2.97. The predicted octanol–water partition coefficient (Wildman–Crippen LogP) is 3.12. The Balaban J connectivity index is 1.63. The molecule has 7 atom stereocenters. The van der Waals surface area contributed by atoms with Crippen LogP contribution in [0.25, 0.3) is 0 Å². The van der Waals surface area contributed by atoms with Crippen molar-refractivity contribution in [3.63, 3.8) is 0 Å². The molecule has 0 spiro atoms. The van der Waals surface area contributed by atoms with Gasteiger partial charge < -0.3 is 15.4 Å². The SMILES string of the molecule is C[C@]12CCC(=NOCCN)CC1[C@@H](O[N+](=O)[O-])CC1C2CC[C@]2(C)C(=O)CCC12. The molecular formula is C21H33N3O5. The summed E-state index contributed by atoms with van der Waals surface area (Å²) >= 11 is 0.